The van der Waals surface area contributed by atoms with Gasteiger partial charge in [0.2, 0.25) is 11.8 Å². The Hall–Kier alpha value is -1.10. The lowest BCUT2D eigenvalue weighted by Gasteiger charge is -2.36. The zero-order valence-electron chi connectivity index (χ0n) is 16.7. The molecule has 2 aliphatic rings. The quantitative estimate of drug-likeness (QED) is 0.741. The molecule has 0 spiro atoms. The largest absolute Gasteiger partial charge is 0.356 e. The number of carbonyl (C=O) groups excluding carboxylic acids is 2. The Morgan fingerprint density at radius 1 is 1.12 bits per heavy atom. The summed E-state index contributed by atoms with van der Waals surface area (Å²) >= 11 is 0. The Bertz CT molecular complexity index is 458. The molecule has 3 atom stereocenters. The normalized spacial score (nSPS) is 27.8. The van der Waals surface area contributed by atoms with Crippen molar-refractivity contribution < 1.29 is 9.59 Å². The van der Waals surface area contributed by atoms with E-state index in [1.54, 1.807) is 0 Å². The lowest BCUT2D eigenvalue weighted by atomic mass is 9.88. The fourth-order valence-electron chi connectivity index (χ4n) is 4.33. The molecule has 0 saturated carbocycles. The van der Waals surface area contributed by atoms with Crippen molar-refractivity contribution in [2.45, 2.75) is 90.8 Å². The number of amides is 2. The number of rotatable bonds is 7. The van der Waals surface area contributed by atoms with Gasteiger partial charge in [-0.15, -0.1) is 0 Å². The summed E-state index contributed by atoms with van der Waals surface area (Å²) in [5, 5.41) is 6.06. The molecule has 2 N–H and O–H groups in total. The smallest absolute Gasteiger partial charge is 0.220 e. The second kappa shape index (κ2) is 8.52. The molecular formula is C20H37N3O2. The van der Waals surface area contributed by atoms with Crippen LogP contribution in [-0.4, -0.2) is 48.4 Å². The molecular weight excluding hydrogens is 314 g/mol. The molecule has 25 heavy (non-hydrogen) atoms. The number of nitrogens with zero attached hydrogens (tertiary/aromatic N) is 1. The third kappa shape index (κ3) is 6.61. The highest BCUT2D eigenvalue weighted by molar-refractivity contribution is 5.77. The maximum absolute atomic E-state index is 12.3. The fourth-order valence-corrected chi connectivity index (χ4v) is 4.33. The molecule has 5 heteroatoms. The first-order chi connectivity index (χ1) is 11.6. The average molecular weight is 352 g/mol. The van der Waals surface area contributed by atoms with E-state index in [4.69, 9.17) is 0 Å². The Balaban J connectivity index is 1.61. The molecule has 3 unspecified atom stereocenters. The molecule has 0 aliphatic carbocycles. The van der Waals surface area contributed by atoms with E-state index in [-0.39, 0.29) is 23.3 Å². The van der Waals surface area contributed by atoms with Crippen LogP contribution in [0.15, 0.2) is 0 Å². The van der Waals surface area contributed by atoms with Crippen molar-refractivity contribution in [2.75, 3.05) is 13.6 Å². The number of fused-ring (bicyclic) bond motifs is 2. The average Bonchev–Trinajstić information content (AvgIpc) is 2.68. The van der Waals surface area contributed by atoms with Crippen molar-refractivity contribution in [1.29, 1.82) is 0 Å². The van der Waals surface area contributed by atoms with Gasteiger partial charge in [-0.05, 0) is 57.4 Å². The molecule has 2 rings (SSSR count). The van der Waals surface area contributed by atoms with Gasteiger partial charge in [0, 0.05) is 37.5 Å². The first-order valence-electron chi connectivity index (χ1n) is 9.92. The molecule has 2 bridgehead atoms. The highest BCUT2D eigenvalue weighted by Crippen LogP contribution is 2.38. The standard InChI is InChI=1S/C20H37N3O2/c1-14(8-9-21-19(25)13-20(2,3)4)22-18(24)12-15-10-16-6-7-17(11-15)23(16)5/h14-17H,6-13H2,1-5H3,(H,21,25)(H,22,24). The van der Waals surface area contributed by atoms with E-state index in [1.807, 2.05) is 6.92 Å². The SMILES string of the molecule is CC(CCNC(=O)CC(C)(C)C)NC(=O)CC1CC2CCC(C1)N2C. The van der Waals surface area contributed by atoms with Crippen LogP contribution in [0.1, 0.15) is 72.6 Å². The summed E-state index contributed by atoms with van der Waals surface area (Å²) < 4.78 is 0. The van der Waals surface area contributed by atoms with Gasteiger partial charge in [0.15, 0.2) is 0 Å². The molecule has 2 aliphatic heterocycles. The lowest BCUT2D eigenvalue weighted by molar-refractivity contribution is -0.123. The predicted octanol–water partition coefficient (Wildman–Crippen LogP) is 2.70. The molecule has 2 saturated heterocycles. The van der Waals surface area contributed by atoms with Crippen LogP contribution >= 0.6 is 0 Å². The van der Waals surface area contributed by atoms with E-state index in [1.165, 1.54) is 12.8 Å². The monoisotopic (exact) mass is 351 g/mol. The van der Waals surface area contributed by atoms with Crippen molar-refractivity contribution >= 4 is 11.8 Å². The summed E-state index contributed by atoms with van der Waals surface area (Å²) in [7, 11) is 2.23. The summed E-state index contributed by atoms with van der Waals surface area (Å²) in [5.41, 5.74) is 0.0113. The minimum absolute atomic E-state index is 0.0113. The van der Waals surface area contributed by atoms with E-state index >= 15 is 0 Å². The van der Waals surface area contributed by atoms with Crippen LogP contribution in [0.5, 0.6) is 0 Å². The second-order valence-corrected chi connectivity index (χ2v) is 9.44. The maximum Gasteiger partial charge on any atom is 0.220 e. The van der Waals surface area contributed by atoms with Gasteiger partial charge >= 0.3 is 0 Å². The molecule has 0 radical (unpaired) electrons. The minimum Gasteiger partial charge on any atom is -0.356 e. The Kier molecular flexibility index (Phi) is 6.89. The molecule has 2 heterocycles. The van der Waals surface area contributed by atoms with Gasteiger partial charge in [0.1, 0.15) is 0 Å². The van der Waals surface area contributed by atoms with Gasteiger partial charge in [-0.3, -0.25) is 9.59 Å². The van der Waals surface area contributed by atoms with Crippen LogP contribution < -0.4 is 10.6 Å². The van der Waals surface area contributed by atoms with Crippen LogP contribution in [-0.2, 0) is 9.59 Å². The Morgan fingerprint density at radius 3 is 2.28 bits per heavy atom. The lowest BCUT2D eigenvalue weighted by Crippen LogP contribution is -2.42. The first kappa shape index (κ1) is 20.2. The molecule has 0 aromatic carbocycles. The van der Waals surface area contributed by atoms with Crippen LogP contribution in [0.3, 0.4) is 0 Å². The van der Waals surface area contributed by atoms with Crippen molar-refractivity contribution in [3.05, 3.63) is 0 Å². The summed E-state index contributed by atoms with van der Waals surface area (Å²) in [4.78, 5) is 26.6. The number of hydrogen-bond acceptors (Lipinski definition) is 3. The van der Waals surface area contributed by atoms with E-state index in [0.29, 0.717) is 37.4 Å². The predicted molar refractivity (Wildman–Crippen MR) is 101 cm³/mol. The van der Waals surface area contributed by atoms with E-state index < -0.39 is 0 Å². The van der Waals surface area contributed by atoms with Crippen LogP contribution in [0, 0.1) is 11.3 Å². The third-order valence-corrected chi connectivity index (χ3v) is 5.67. The van der Waals surface area contributed by atoms with Crippen molar-refractivity contribution in [2.24, 2.45) is 11.3 Å². The number of hydrogen-bond donors (Lipinski definition) is 2. The number of nitrogens with one attached hydrogen (secondary N) is 2. The molecule has 5 nitrogen and oxygen atoms in total. The zero-order valence-corrected chi connectivity index (χ0v) is 16.7. The molecule has 2 fully saturated rings. The van der Waals surface area contributed by atoms with Crippen LogP contribution in [0.4, 0.5) is 0 Å². The van der Waals surface area contributed by atoms with Gasteiger partial charge in [-0.25, -0.2) is 0 Å². The highest BCUT2D eigenvalue weighted by Gasteiger charge is 2.38. The van der Waals surface area contributed by atoms with E-state index in [0.717, 1.165) is 19.3 Å². The maximum atomic E-state index is 12.3. The van der Waals surface area contributed by atoms with E-state index in [9.17, 15) is 9.59 Å². The first-order valence-corrected chi connectivity index (χ1v) is 9.92. The summed E-state index contributed by atoms with van der Waals surface area (Å²) in [6.45, 7) is 8.82. The van der Waals surface area contributed by atoms with Gasteiger partial charge < -0.3 is 15.5 Å². The Labute approximate surface area is 153 Å². The summed E-state index contributed by atoms with van der Waals surface area (Å²) in [5.74, 6) is 0.794. The van der Waals surface area contributed by atoms with Crippen LogP contribution in [0.25, 0.3) is 0 Å². The van der Waals surface area contributed by atoms with Crippen molar-refractivity contribution in [3.8, 4) is 0 Å². The second-order valence-electron chi connectivity index (χ2n) is 9.44. The highest BCUT2D eigenvalue weighted by atomic mass is 16.2. The molecule has 2 amide bonds. The molecule has 144 valence electrons. The third-order valence-electron chi connectivity index (χ3n) is 5.67. The Morgan fingerprint density at radius 2 is 1.72 bits per heavy atom. The fraction of sp³-hybridized carbons (Fsp3) is 0.900. The van der Waals surface area contributed by atoms with Crippen molar-refractivity contribution in [3.63, 3.8) is 0 Å². The topological polar surface area (TPSA) is 61.4 Å². The minimum atomic E-state index is 0.0113. The van der Waals surface area contributed by atoms with Gasteiger partial charge in [0.05, 0.1) is 0 Å². The summed E-state index contributed by atoms with van der Waals surface area (Å²) in [6, 6.07) is 1.48. The van der Waals surface area contributed by atoms with Gasteiger partial charge in [0.25, 0.3) is 0 Å². The van der Waals surface area contributed by atoms with Crippen LogP contribution in [0.2, 0.25) is 0 Å². The number of carbonyl (C=O) groups is 2. The zero-order chi connectivity index (χ0) is 18.6. The van der Waals surface area contributed by atoms with E-state index in [2.05, 4.69) is 43.4 Å². The van der Waals surface area contributed by atoms with Crippen molar-refractivity contribution in [1.82, 2.24) is 15.5 Å². The number of piperidine rings is 1. The molecule has 0 aromatic heterocycles. The van der Waals surface area contributed by atoms with Gasteiger partial charge in [-0.1, -0.05) is 20.8 Å². The van der Waals surface area contributed by atoms with Gasteiger partial charge in [-0.2, -0.15) is 0 Å². The summed E-state index contributed by atoms with van der Waals surface area (Å²) in [6.07, 6.45) is 6.89. The molecule has 0 aromatic rings.